The molecule has 1 atom stereocenters. The lowest BCUT2D eigenvalue weighted by Crippen LogP contribution is -2.43. The number of aromatic nitrogens is 1. The van der Waals surface area contributed by atoms with Crippen molar-refractivity contribution in [3.8, 4) is 0 Å². The largest absolute Gasteiger partial charge is 0.334 e. The second kappa shape index (κ2) is 7.97. The van der Waals surface area contributed by atoms with Crippen LogP contribution in [-0.4, -0.2) is 47.6 Å². The Bertz CT molecular complexity index is 841. The molecule has 0 saturated carbocycles. The number of amides is 1. The Balaban J connectivity index is 1.84. The molecule has 6 nitrogen and oxygen atoms in total. The minimum atomic E-state index is -3.66. The zero-order valence-corrected chi connectivity index (χ0v) is 15.6. The minimum absolute atomic E-state index is 0.00964. The average molecular weight is 373 g/mol. The van der Waals surface area contributed by atoms with E-state index in [1.807, 2.05) is 42.2 Å². The summed E-state index contributed by atoms with van der Waals surface area (Å²) < 4.78 is 27.3. The van der Waals surface area contributed by atoms with Crippen LogP contribution in [0.2, 0.25) is 0 Å². The molecular weight excluding hydrogens is 350 g/mol. The molecule has 1 unspecified atom stereocenters. The number of carbonyl (C=O) groups is 1. The predicted molar refractivity (Wildman–Crippen MR) is 98.7 cm³/mol. The highest BCUT2D eigenvalue weighted by Crippen LogP contribution is 2.22. The van der Waals surface area contributed by atoms with Crippen LogP contribution in [0.3, 0.4) is 0 Å². The monoisotopic (exact) mass is 373 g/mol. The van der Waals surface area contributed by atoms with Crippen molar-refractivity contribution in [2.75, 3.05) is 13.1 Å². The Labute approximate surface area is 154 Å². The second-order valence-corrected chi connectivity index (χ2v) is 8.31. The fourth-order valence-corrected chi connectivity index (χ4v) is 4.65. The number of nitrogens with zero attached hydrogens (tertiary/aromatic N) is 3. The van der Waals surface area contributed by atoms with Gasteiger partial charge in [0.2, 0.25) is 15.9 Å². The highest BCUT2D eigenvalue weighted by Gasteiger charge is 2.34. The zero-order valence-electron chi connectivity index (χ0n) is 14.8. The molecule has 1 saturated heterocycles. The van der Waals surface area contributed by atoms with Crippen molar-refractivity contribution in [1.82, 2.24) is 14.2 Å². The molecule has 1 fully saturated rings. The van der Waals surface area contributed by atoms with Crippen LogP contribution in [0.25, 0.3) is 0 Å². The van der Waals surface area contributed by atoms with Crippen LogP contribution in [0.15, 0.2) is 59.8 Å². The molecule has 3 rings (SSSR count). The highest BCUT2D eigenvalue weighted by atomic mass is 32.2. The number of benzene rings is 1. The van der Waals surface area contributed by atoms with Gasteiger partial charge in [0.15, 0.2) is 0 Å². The van der Waals surface area contributed by atoms with Crippen molar-refractivity contribution in [1.29, 1.82) is 0 Å². The number of sulfonamides is 1. The maximum atomic E-state index is 12.9. The van der Waals surface area contributed by atoms with Gasteiger partial charge in [-0.05, 0) is 24.1 Å². The normalized spacial score (nSPS) is 19.3. The first kappa shape index (κ1) is 18.5. The van der Waals surface area contributed by atoms with E-state index < -0.39 is 10.0 Å². The van der Waals surface area contributed by atoms with E-state index in [0.717, 1.165) is 5.56 Å². The van der Waals surface area contributed by atoms with E-state index in [1.165, 1.54) is 16.6 Å². The molecule has 1 aromatic heterocycles. The van der Waals surface area contributed by atoms with E-state index in [2.05, 4.69) is 4.98 Å². The van der Waals surface area contributed by atoms with Gasteiger partial charge in [0.05, 0.1) is 0 Å². The van der Waals surface area contributed by atoms with Gasteiger partial charge in [-0.1, -0.05) is 37.3 Å². The van der Waals surface area contributed by atoms with Gasteiger partial charge < -0.3 is 4.90 Å². The van der Waals surface area contributed by atoms with Crippen LogP contribution < -0.4 is 0 Å². The summed E-state index contributed by atoms with van der Waals surface area (Å²) in [4.78, 5) is 18.6. The summed E-state index contributed by atoms with van der Waals surface area (Å²) in [6, 6.07) is 12.8. The van der Waals surface area contributed by atoms with Gasteiger partial charge in [-0.3, -0.25) is 9.78 Å². The first-order chi connectivity index (χ1) is 12.5. The Morgan fingerprint density at radius 2 is 1.92 bits per heavy atom. The lowest BCUT2D eigenvalue weighted by atomic mass is 10.1. The van der Waals surface area contributed by atoms with Crippen LogP contribution in [0.1, 0.15) is 25.3 Å². The van der Waals surface area contributed by atoms with Gasteiger partial charge in [-0.15, -0.1) is 0 Å². The third-order valence-electron chi connectivity index (χ3n) is 4.69. The van der Waals surface area contributed by atoms with Crippen LogP contribution >= 0.6 is 0 Å². The van der Waals surface area contributed by atoms with E-state index in [-0.39, 0.29) is 29.8 Å². The van der Waals surface area contributed by atoms with Crippen LogP contribution in [0, 0.1) is 0 Å². The summed E-state index contributed by atoms with van der Waals surface area (Å²) in [7, 11) is -3.66. The molecule has 26 heavy (non-hydrogen) atoms. The molecule has 1 aromatic carbocycles. The summed E-state index contributed by atoms with van der Waals surface area (Å²) in [5.41, 5.74) is 1.04. The number of pyridine rings is 1. The standard InChI is InChI=1S/C19H23N3O3S/c1-2-17-15-21(26(24,25)18-9-6-11-20-13-18)12-10-19(23)22(17)14-16-7-4-3-5-8-16/h3-9,11,13,17H,2,10,12,14-15H2,1H3. The first-order valence-corrected chi connectivity index (χ1v) is 10.2. The van der Waals surface area contributed by atoms with Crippen molar-refractivity contribution in [3.05, 3.63) is 60.4 Å². The molecule has 1 aliphatic heterocycles. The topological polar surface area (TPSA) is 70.6 Å². The Morgan fingerprint density at radius 1 is 1.15 bits per heavy atom. The third-order valence-corrected chi connectivity index (χ3v) is 6.54. The summed E-state index contributed by atoms with van der Waals surface area (Å²) >= 11 is 0. The molecule has 0 N–H and O–H groups in total. The quantitative estimate of drug-likeness (QED) is 0.806. The van der Waals surface area contributed by atoms with Gasteiger partial charge in [0.1, 0.15) is 4.90 Å². The molecule has 138 valence electrons. The fraction of sp³-hybridized carbons (Fsp3) is 0.368. The molecular formula is C19H23N3O3S. The Morgan fingerprint density at radius 3 is 2.58 bits per heavy atom. The molecule has 0 radical (unpaired) electrons. The number of rotatable bonds is 5. The molecule has 1 aliphatic rings. The molecule has 2 aromatic rings. The maximum absolute atomic E-state index is 12.9. The third kappa shape index (κ3) is 3.94. The minimum Gasteiger partial charge on any atom is -0.334 e. The predicted octanol–water partition coefficient (Wildman–Crippen LogP) is 2.28. The van der Waals surface area contributed by atoms with Gasteiger partial charge in [-0.2, -0.15) is 4.31 Å². The van der Waals surface area contributed by atoms with Crippen LogP contribution in [0.5, 0.6) is 0 Å². The fourth-order valence-electron chi connectivity index (χ4n) is 3.21. The lowest BCUT2D eigenvalue weighted by Gasteiger charge is -2.31. The van der Waals surface area contributed by atoms with E-state index in [4.69, 9.17) is 0 Å². The summed E-state index contributed by atoms with van der Waals surface area (Å²) in [5, 5.41) is 0. The van der Waals surface area contributed by atoms with E-state index >= 15 is 0 Å². The van der Waals surface area contributed by atoms with Crippen molar-refractivity contribution in [2.24, 2.45) is 0 Å². The Kier molecular flexibility index (Phi) is 5.68. The van der Waals surface area contributed by atoms with Crippen LogP contribution in [0.4, 0.5) is 0 Å². The van der Waals surface area contributed by atoms with Gasteiger partial charge in [0.25, 0.3) is 0 Å². The molecule has 2 heterocycles. The number of hydrogen-bond donors (Lipinski definition) is 0. The Hall–Kier alpha value is -2.25. The lowest BCUT2D eigenvalue weighted by molar-refractivity contribution is -0.133. The number of carbonyl (C=O) groups excluding carboxylic acids is 1. The zero-order chi connectivity index (χ0) is 18.6. The van der Waals surface area contributed by atoms with Crippen molar-refractivity contribution < 1.29 is 13.2 Å². The number of hydrogen-bond acceptors (Lipinski definition) is 4. The van der Waals surface area contributed by atoms with Crippen LogP contribution in [-0.2, 0) is 21.4 Å². The summed E-state index contributed by atoms with van der Waals surface area (Å²) in [6.45, 7) is 2.97. The van der Waals surface area contributed by atoms with E-state index in [1.54, 1.807) is 12.3 Å². The molecule has 0 spiro atoms. The summed E-state index contributed by atoms with van der Waals surface area (Å²) in [6.07, 6.45) is 3.77. The maximum Gasteiger partial charge on any atom is 0.244 e. The van der Waals surface area contributed by atoms with Crippen molar-refractivity contribution >= 4 is 15.9 Å². The average Bonchev–Trinajstić information content (AvgIpc) is 2.83. The van der Waals surface area contributed by atoms with Crippen molar-refractivity contribution in [3.63, 3.8) is 0 Å². The highest BCUT2D eigenvalue weighted by molar-refractivity contribution is 7.89. The molecule has 0 bridgehead atoms. The molecule has 1 amide bonds. The SMILES string of the molecule is CCC1CN(S(=O)(=O)c2cccnc2)CCC(=O)N1Cc1ccccc1. The van der Waals surface area contributed by atoms with Crippen molar-refractivity contribution in [2.45, 2.75) is 37.2 Å². The second-order valence-electron chi connectivity index (χ2n) is 6.37. The van der Waals surface area contributed by atoms with E-state index in [9.17, 15) is 13.2 Å². The molecule has 0 aliphatic carbocycles. The smallest absolute Gasteiger partial charge is 0.244 e. The van der Waals surface area contributed by atoms with Gasteiger partial charge in [-0.25, -0.2) is 8.42 Å². The van der Waals surface area contributed by atoms with Gasteiger partial charge in [0, 0.05) is 44.5 Å². The van der Waals surface area contributed by atoms with Gasteiger partial charge >= 0.3 is 0 Å². The first-order valence-electron chi connectivity index (χ1n) is 8.76. The summed E-state index contributed by atoms with van der Waals surface area (Å²) in [5.74, 6) is -0.00964. The molecule has 7 heteroatoms. The van der Waals surface area contributed by atoms with E-state index in [0.29, 0.717) is 19.5 Å².